The van der Waals surface area contributed by atoms with Gasteiger partial charge in [-0.25, -0.2) is 4.98 Å². The topological polar surface area (TPSA) is 67.2 Å². The molecule has 0 saturated carbocycles. The zero-order valence-electron chi connectivity index (χ0n) is 10.4. The lowest BCUT2D eigenvalue weighted by atomic mass is 10.2. The number of sulfonamides is 1. The molecule has 0 unspecified atom stereocenters. The number of nitrogens with one attached hydrogen (secondary N) is 1. The maximum Gasteiger partial charge on any atom is 0.283 e. The molecule has 1 aliphatic heterocycles. The molecule has 0 spiro atoms. The van der Waals surface area contributed by atoms with Gasteiger partial charge in [0.2, 0.25) is 0 Å². The van der Waals surface area contributed by atoms with Crippen LogP contribution in [0.1, 0.15) is 0 Å². The van der Waals surface area contributed by atoms with E-state index < -0.39 is 10.0 Å². The van der Waals surface area contributed by atoms with Crippen LogP contribution in [0.4, 0.5) is 11.4 Å². The number of imidazole rings is 1. The molecule has 2 heterocycles. The predicted octanol–water partition coefficient (Wildman–Crippen LogP) is 1.04. The Morgan fingerprint density at radius 3 is 2.84 bits per heavy atom. The van der Waals surface area contributed by atoms with E-state index in [0.29, 0.717) is 18.8 Å². The summed E-state index contributed by atoms with van der Waals surface area (Å²) >= 11 is 0. The maximum absolute atomic E-state index is 12.6. The van der Waals surface area contributed by atoms with Gasteiger partial charge in [0, 0.05) is 19.8 Å². The molecule has 6 nitrogen and oxygen atoms in total. The second-order valence-corrected chi connectivity index (χ2v) is 6.21. The first kappa shape index (κ1) is 12.0. The number of aryl methyl sites for hydroxylation is 1. The molecule has 1 N–H and O–H groups in total. The summed E-state index contributed by atoms with van der Waals surface area (Å²) in [4.78, 5) is 3.95. The van der Waals surface area contributed by atoms with Crippen molar-refractivity contribution in [1.82, 2.24) is 9.55 Å². The van der Waals surface area contributed by atoms with Crippen LogP contribution in [0, 0.1) is 0 Å². The van der Waals surface area contributed by atoms with Gasteiger partial charge in [-0.3, -0.25) is 4.31 Å². The molecule has 0 atom stereocenters. The van der Waals surface area contributed by atoms with E-state index in [0.717, 1.165) is 5.69 Å². The Balaban J connectivity index is 2.08. The number of anilines is 2. The molecule has 1 aromatic heterocycles. The van der Waals surface area contributed by atoms with Gasteiger partial charge in [0.25, 0.3) is 10.0 Å². The molecular formula is C12H14N4O2S. The SMILES string of the molecule is Cn1cnc(S(=O)(=O)N2CCNc3ccccc32)c1. The van der Waals surface area contributed by atoms with Crippen molar-refractivity contribution >= 4 is 21.4 Å². The Bertz CT molecular complexity index is 708. The number of nitrogens with zero attached hydrogens (tertiary/aromatic N) is 3. The molecule has 0 saturated heterocycles. The first-order chi connectivity index (χ1) is 9.09. The highest BCUT2D eigenvalue weighted by molar-refractivity contribution is 7.92. The van der Waals surface area contributed by atoms with Gasteiger partial charge in [0.1, 0.15) is 0 Å². The zero-order valence-corrected chi connectivity index (χ0v) is 11.3. The lowest BCUT2D eigenvalue weighted by molar-refractivity contribution is 0.587. The average Bonchev–Trinajstić information content (AvgIpc) is 2.85. The van der Waals surface area contributed by atoms with Gasteiger partial charge in [-0.15, -0.1) is 0 Å². The fourth-order valence-corrected chi connectivity index (χ4v) is 3.59. The van der Waals surface area contributed by atoms with E-state index in [1.165, 1.54) is 16.8 Å². The van der Waals surface area contributed by atoms with Gasteiger partial charge < -0.3 is 9.88 Å². The minimum atomic E-state index is -3.59. The van der Waals surface area contributed by atoms with Crippen LogP contribution in [0.2, 0.25) is 0 Å². The smallest absolute Gasteiger partial charge is 0.283 e. The molecule has 0 amide bonds. The molecule has 1 aliphatic rings. The van der Waals surface area contributed by atoms with E-state index in [9.17, 15) is 8.42 Å². The van der Waals surface area contributed by atoms with Gasteiger partial charge in [0.15, 0.2) is 5.03 Å². The van der Waals surface area contributed by atoms with Crippen LogP contribution in [0.5, 0.6) is 0 Å². The summed E-state index contributed by atoms with van der Waals surface area (Å²) in [5.74, 6) is 0. The van der Waals surface area contributed by atoms with Crippen LogP contribution in [0.15, 0.2) is 41.8 Å². The van der Waals surface area contributed by atoms with E-state index in [-0.39, 0.29) is 5.03 Å². The van der Waals surface area contributed by atoms with Crippen LogP contribution in [0.3, 0.4) is 0 Å². The van der Waals surface area contributed by atoms with Gasteiger partial charge in [-0.2, -0.15) is 8.42 Å². The van der Waals surface area contributed by atoms with Crippen LogP contribution < -0.4 is 9.62 Å². The molecule has 100 valence electrons. The van der Waals surface area contributed by atoms with E-state index in [2.05, 4.69) is 10.3 Å². The van der Waals surface area contributed by atoms with Crippen molar-refractivity contribution in [3.8, 4) is 0 Å². The number of aromatic nitrogens is 2. The second-order valence-electron chi connectivity index (χ2n) is 4.40. The van der Waals surface area contributed by atoms with Crippen molar-refractivity contribution in [2.24, 2.45) is 7.05 Å². The number of rotatable bonds is 2. The first-order valence-corrected chi connectivity index (χ1v) is 7.36. The third-order valence-electron chi connectivity index (χ3n) is 3.04. The number of hydrogen-bond acceptors (Lipinski definition) is 4. The minimum absolute atomic E-state index is 0.0757. The van der Waals surface area contributed by atoms with E-state index in [1.54, 1.807) is 17.7 Å². The molecule has 0 bridgehead atoms. The number of para-hydroxylation sites is 2. The largest absolute Gasteiger partial charge is 0.382 e. The summed E-state index contributed by atoms with van der Waals surface area (Å²) in [6.45, 7) is 0.985. The first-order valence-electron chi connectivity index (χ1n) is 5.92. The third kappa shape index (κ3) is 1.95. The van der Waals surface area contributed by atoms with Crippen molar-refractivity contribution in [3.05, 3.63) is 36.8 Å². The van der Waals surface area contributed by atoms with Crippen molar-refractivity contribution in [1.29, 1.82) is 0 Å². The van der Waals surface area contributed by atoms with Gasteiger partial charge in [-0.05, 0) is 12.1 Å². The maximum atomic E-state index is 12.6. The summed E-state index contributed by atoms with van der Waals surface area (Å²) < 4.78 is 28.2. The zero-order chi connectivity index (χ0) is 13.5. The Morgan fingerprint density at radius 2 is 2.11 bits per heavy atom. The lowest BCUT2D eigenvalue weighted by Gasteiger charge is -2.30. The molecule has 2 aromatic rings. The van der Waals surface area contributed by atoms with Crippen LogP contribution in [-0.2, 0) is 17.1 Å². The van der Waals surface area contributed by atoms with E-state index in [4.69, 9.17) is 0 Å². The van der Waals surface area contributed by atoms with Gasteiger partial charge in [0.05, 0.1) is 24.2 Å². The Kier molecular flexibility index (Phi) is 2.70. The Morgan fingerprint density at radius 1 is 1.32 bits per heavy atom. The highest BCUT2D eigenvalue weighted by Crippen LogP contribution is 2.32. The van der Waals surface area contributed by atoms with Crippen molar-refractivity contribution in [2.75, 3.05) is 22.7 Å². The summed E-state index contributed by atoms with van der Waals surface area (Å²) in [5, 5.41) is 3.27. The molecule has 19 heavy (non-hydrogen) atoms. The molecule has 1 aromatic carbocycles. The summed E-state index contributed by atoms with van der Waals surface area (Å²) in [6, 6.07) is 7.37. The molecule has 0 fully saturated rings. The highest BCUT2D eigenvalue weighted by Gasteiger charge is 2.30. The monoisotopic (exact) mass is 278 g/mol. The fourth-order valence-electron chi connectivity index (χ4n) is 2.14. The molecule has 0 radical (unpaired) electrons. The number of benzene rings is 1. The second kappa shape index (κ2) is 4.27. The summed E-state index contributed by atoms with van der Waals surface area (Å²) in [5.41, 5.74) is 1.49. The third-order valence-corrected chi connectivity index (χ3v) is 4.74. The van der Waals surface area contributed by atoms with Crippen molar-refractivity contribution < 1.29 is 8.42 Å². The molecular weight excluding hydrogens is 264 g/mol. The van der Waals surface area contributed by atoms with Gasteiger partial charge in [-0.1, -0.05) is 12.1 Å². The normalized spacial score (nSPS) is 14.9. The molecule has 3 rings (SSSR count). The quantitative estimate of drug-likeness (QED) is 0.891. The van der Waals surface area contributed by atoms with E-state index in [1.807, 2.05) is 18.2 Å². The molecule has 0 aliphatic carbocycles. The fraction of sp³-hybridized carbons (Fsp3) is 0.250. The predicted molar refractivity (Wildman–Crippen MR) is 72.7 cm³/mol. The van der Waals surface area contributed by atoms with Crippen molar-refractivity contribution in [2.45, 2.75) is 5.03 Å². The summed E-state index contributed by atoms with van der Waals surface area (Å²) in [7, 11) is -1.85. The highest BCUT2D eigenvalue weighted by atomic mass is 32.2. The molecule has 7 heteroatoms. The standard InChI is InChI=1S/C12H14N4O2S/c1-15-8-12(14-9-15)19(17,18)16-7-6-13-10-4-2-3-5-11(10)16/h2-5,8-9,13H,6-7H2,1H3. The van der Waals surface area contributed by atoms with Crippen molar-refractivity contribution in [3.63, 3.8) is 0 Å². The number of fused-ring (bicyclic) bond motifs is 1. The summed E-state index contributed by atoms with van der Waals surface area (Å²) in [6.07, 6.45) is 3.00. The van der Waals surface area contributed by atoms with Crippen LogP contribution in [0.25, 0.3) is 0 Å². The minimum Gasteiger partial charge on any atom is -0.382 e. The van der Waals surface area contributed by atoms with Crippen LogP contribution >= 0.6 is 0 Å². The number of hydrogen-bond donors (Lipinski definition) is 1. The Labute approximate surface area is 111 Å². The average molecular weight is 278 g/mol. The van der Waals surface area contributed by atoms with Gasteiger partial charge >= 0.3 is 0 Å². The Hall–Kier alpha value is -2.02. The lowest BCUT2D eigenvalue weighted by Crippen LogP contribution is -2.38. The van der Waals surface area contributed by atoms with E-state index >= 15 is 0 Å². The van der Waals surface area contributed by atoms with Crippen LogP contribution in [-0.4, -0.2) is 31.1 Å².